The molecule has 1 fully saturated rings. The van der Waals surface area contributed by atoms with Crippen LogP contribution in [0.3, 0.4) is 0 Å². The van der Waals surface area contributed by atoms with Gasteiger partial charge in [-0.2, -0.15) is 0 Å². The molecule has 2 amide bonds. The van der Waals surface area contributed by atoms with Crippen LogP contribution < -0.4 is 5.32 Å². The van der Waals surface area contributed by atoms with Crippen molar-refractivity contribution in [1.29, 1.82) is 0 Å². The first kappa shape index (κ1) is 16.3. The predicted octanol–water partition coefficient (Wildman–Crippen LogP) is 3.01. The highest BCUT2D eigenvalue weighted by molar-refractivity contribution is 7.15. The van der Waals surface area contributed by atoms with Gasteiger partial charge in [-0.15, -0.1) is 0 Å². The number of carbonyl (C=O) groups excluding carboxylic acids is 2. The lowest BCUT2D eigenvalue weighted by atomic mass is 10.1. The number of anilines is 1. The highest BCUT2D eigenvalue weighted by Gasteiger charge is 2.31. The standard InChI is InChI=1S/C19H21N3O2S/c23-17(9-6-13-4-2-1-3-5-13)22-11-10-15-16(12-22)25-19(20-15)21-18(24)14-7-8-14/h1-5,14H,6-12H2,(H,20,21,24). The maximum absolute atomic E-state index is 12.5. The van der Waals surface area contributed by atoms with Gasteiger partial charge in [0.15, 0.2) is 5.13 Å². The number of hydrogen-bond acceptors (Lipinski definition) is 4. The van der Waals surface area contributed by atoms with Gasteiger partial charge >= 0.3 is 0 Å². The van der Waals surface area contributed by atoms with Gasteiger partial charge < -0.3 is 10.2 Å². The van der Waals surface area contributed by atoms with E-state index in [1.165, 1.54) is 16.9 Å². The summed E-state index contributed by atoms with van der Waals surface area (Å²) in [7, 11) is 0. The number of nitrogens with zero attached hydrogens (tertiary/aromatic N) is 2. The first-order valence-electron chi connectivity index (χ1n) is 8.80. The predicted molar refractivity (Wildman–Crippen MR) is 97.4 cm³/mol. The van der Waals surface area contributed by atoms with Gasteiger partial charge in [-0.25, -0.2) is 4.98 Å². The summed E-state index contributed by atoms with van der Waals surface area (Å²) in [6.45, 7) is 1.32. The van der Waals surface area contributed by atoms with Crippen LogP contribution in [-0.2, 0) is 29.0 Å². The van der Waals surface area contributed by atoms with Gasteiger partial charge in [0, 0.05) is 30.2 Å². The molecule has 1 saturated carbocycles. The van der Waals surface area contributed by atoms with Crippen molar-refractivity contribution in [3.05, 3.63) is 46.5 Å². The monoisotopic (exact) mass is 355 g/mol. The molecule has 130 valence electrons. The fourth-order valence-electron chi connectivity index (χ4n) is 3.07. The summed E-state index contributed by atoms with van der Waals surface area (Å²) in [6.07, 6.45) is 4.04. The van der Waals surface area contributed by atoms with Crippen molar-refractivity contribution < 1.29 is 9.59 Å². The number of fused-ring (bicyclic) bond motifs is 1. The molecule has 0 bridgehead atoms. The van der Waals surface area contributed by atoms with Gasteiger partial charge in [0.05, 0.1) is 12.2 Å². The molecule has 0 atom stereocenters. The van der Waals surface area contributed by atoms with E-state index < -0.39 is 0 Å². The molecule has 4 rings (SSSR count). The number of carbonyl (C=O) groups is 2. The van der Waals surface area contributed by atoms with E-state index in [-0.39, 0.29) is 17.7 Å². The topological polar surface area (TPSA) is 62.3 Å². The molecular formula is C19H21N3O2S. The zero-order valence-corrected chi connectivity index (χ0v) is 14.8. The summed E-state index contributed by atoms with van der Waals surface area (Å²) >= 11 is 1.51. The van der Waals surface area contributed by atoms with Crippen LogP contribution in [0.1, 0.15) is 35.4 Å². The second-order valence-corrected chi connectivity index (χ2v) is 7.79. The third-order valence-electron chi connectivity index (χ3n) is 4.73. The Morgan fingerprint density at radius 3 is 2.80 bits per heavy atom. The van der Waals surface area contributed by atoms with Crippen LogP contribution in [0.2, 0.25) is 0 Å². The highest BCUT2D eigenvalue weighted by atomic mass is 32.1. The minimum Gasteiger partial charge on any atom is -0.337 e. The normalized spacial score (nSPS) is 16.4. The average molecular weight is 355 g/mol. The van der Waals surface area contributed by atoms with Gasteiger partial charge in [-0.1, -0.05) is 41.7 Å². The Kier molecular flexibility index (Phi) is 4.53. The molecule has 6 heteroatoms. The van der Waals surface area contributed by atoms with Crippen molar-refractivity contribution in [3.63, 3.8) is 0 Å². The number of aryl methyl sites for hydroxylation is 1. The lowest BCUT2D eigenvalue weighted by molar-refractivity contribution is -0.132. The Morgan fingerprint density at radius 1 is 1.24 bits per heavy atom. The molecule has 1 N–H and O–H groups in total. The Bertz CT molecular complexity index is 783. The minimum atomic E-state index is 0.0851. The third kappa shape index (κ3) is 3.90. The summed E-state index contributed by atoms with van der Waals surface area (Å²) in [5, 5.41) is 3.60. The first-order chi connectivity index (χ1) is 12.2. The van der Waals surface area contributed by atoms with E-state index in [4.69, 9.17) is 0 Å². The highest BCUT2D eigenvalue weighted by Crippen LogP contribution is 2.33. The maximum Gasteiger partial charge on any atom is 0.229 e. The van der Waals surface area contributed by atoms with Crippen molar-refractivity contribution in [1.82, 2.24) is 9.88 Å². The molecule has 5 nitrogen and oxygen atoms in total. The van der Waals surface area contributed by atoms with Crippen LogP contribution >= 0.6 is 11.3 Å². The third-order valence-corrected chi connectivity index (χ3v) is 5.73. The zero-order chi connectivity index (χ0) is 17.2. The zero-order valence-electron chi connectivity index (χ0n) is 14.0. The Morgan fingerprint density at radius 2 is 2.04 bits per heavy atom. The summed E-state index contributed by atoms with van der Waals surface area (Å²) in [5.41, 5.74) is 2.22. The first-order valence-corrected chi connectivity index (χ1v) is 9.62. The molecule has 0 saturated heterocycles. The lowest BCUT2D eigenvalue weighted by Crippen LogP contribution is -2.35. The quantitative estimate of drug-likeness (QED) is 0.897. The lowest BCUT2D eigenvalue weighted by Gasteiger charge is -2.26. The SMILES string of the molecule is O=C(Nc1nc2c(s1)CN(C(=O)CCc1ccccc1)CC2)C1CC1. The number of aromatic nitrogens is 1. The average Bonchev–Trinajstić information content (AvgIpc) is 3.41. The van der Waals surface area contributed by atoms with Crippen LogP contribution in [0.15, 0.2) is 30.3 Å². The van der Waals surface area contributed by atoms with Crippen LogP contribution in [0.25, 0.3) is 0 Å². The van der Waals surface area contributed by atoms with E-state index in [2.05, 4.69) is 22.4 Å². The number of benzene rings is 1. The molecule has 1 aliphatic carbocycles. The van der Waals surface area contributed by atoms with Gasteiger partial charge in [0.2, 0.25) is 11.8 Å². The molecule has 25 heavy (non-hydrogen) atoms. The molecule has 2 aromatic rings. The van der Waals surface area contributed by atoms with E-state index in [1.807, 2.05) is 23.1 Å². The van der Waals surface area contributed by atoms with E-state index in [1.54, 1.807) is 0 Å². The van der Waals surface area contributed by atoms with Crippen LogP contribution in [0.5, 0.6) is 0 Å². The van der Waals surface area contributed by atoms with Crippen molar-refractivity contribution in [2.45, 2.75) is 38.6 Å². The molecule has 0 radical (unpaired) electrons. The van der Waals surface area contributed by atoms with Gasteiger partial charge in [0.25, 0.3) is 0 Å². The smallest absolute Gasteiger partial charge is 0.229 e. The van der Waals surface area contributed by atoms with Crippen molar-refractivity contribution in [2.75, 3.05) is 11.9 Å². The summed E-state index contributed by atoms with van der Waals surface area (Å²) in [4.78, 5) is 31.9. The molecule has 2 heterocycles. The van der Waals surface area contributed by atoms with Crippen LogP contribution in [0.4, 0.5) is 5.13 Å². The number of hydrogen-bond donors (Lipinski definition) is 1. The van der Waals surface area contributed by atoms with Gasteiger partial charge in [0.1, 0.15) is 0 Å². The molecule has 0 unspecified atom stereocenters. The number of rotatable bonds is 5. The maximum atomic E-state index is 12.5. The van der Waals surface area contributed by atoms with E-state index >= 15 is 0 Å². The largest absolute Gasteiger partial charge is 0.337 e. The van der Waals surface area contributed by atoms with Gasteiger partial charge in [-0.05, 0) is 24.8 Å². The second-order valence-electron chi connectivity index (χ2n) is 6.70. The van der Waals surface area contributed by atoms with Crippen molar-refractivity contribution in [2.24, 2.45) is 5.92 Å². The van der Waals surface area contributed by atoms with E-state index in [0.29, 0.717) is 24.6 Å². The Hall–Kier alpha value is -2.21. The number of nitrogens with one attached hydrogen (secondary N) is 1. The molecule has 2 aliphatic rings. The van der Waals surface area contributed by atoms with Crippen molar-refractivity contribution >= 4 is 28.3 Å². The molecule has 1 aliphatic heterocycles. The molecule has 1 aromatic heterocycles. The second kappa shape index (κ2) is 6.96. The Balaban J connectivity index is 1.34. The fraction of sp³-hybridized carbons (Fsp3) is 0.421. The molecular weight excluding hydrogens is 334 g/mol. The molecule has 0 spiro atoms. The summed E-state index contributed by atoms with van der Waals surface area (Å²) in [6, 6.07) is 10.1. The van der Waals surface area contributed by atoms with E-state index in [9.17, 15) is 9.59 Å². The van der Waals surface area contributed by atoms with Crippen molar-refractivity contribution in [3.8, 4) is 0 Å². The fourth-order valence-corrected chi connectivity index (χ4v) is 4.10. The molecule has 1 aromatic carbocycles. The minimum absolute atomic E-state index is 0.0851. The van der Waals surface area contributed by atoms with Crippen LogP contribution in [-0.4, -0.2) is 28.2 Å². The van der Waals surface area contributed by atoms with Gasteiger partial charge in [-0.3, -0.25) is 9.59 Å². The summed E-state index contributed by atoms with van der Waals surface area (Å²) < 4.78 is 0. The number of thiazole rings is 1. The Labute approximate surface area is 151 Å². The summed E-state index contributed by atoms with van der Waals surface area (Å²) in [5.74, 6) is 0.449. The number of amides is 2. The van der Waals surface area contributed by atoms with Crippen LogP contribution in [0, 0.1) is 5.92 Å². The van der Waals surface area contributed by atoms with E-state index in [0.717, 1.165) is 36.3 Å².